The lowest BCUT2D eigenvalue weighted by molar-refractivity contribution is 0.331. The largest absolute Gasteiger partial charge is 0.492 e. The Hall–Kier alpha value is -0.570. The second-order valence-corrected chi connectivity index (χ2v) is 8.85. The topological polar surface area (TPSA) is 81.4 Å². The van der Waals surface area contributed by atoms with Crippen molar-refractivity contribution in [2.75, 3.05) is 36.1 Å². The summed E-state index contributed by atoms with van der Waals surface area (Å²) >= 11 is 3.68. The van der Waals surface area contributed by atoms with Gasteiger partial charge >= 0.3 is 0 Å². The molecule has 0 radical (unpaired) electrons. The second kappa shape index (κ2) is 7.62. The van der Waals surface area contributed by atoms with Crippen LogP contribution >= 0.6 is 23.5 Å². The van der Waals surface area contributed by atoms with E-state index in [0.717, 1.165) is 17.3 Å². The van der Waals surface area contributed by atoms with Crippen LogP contribution in [0, 0.1) is 0 Å². The zero-order valence-electron chi connectivity index (χ0n) is 11.9. The fraction of sp³-hybridized carbons (Fsp3) is 0.538. The van der Waals surface area contributed by atoms with E-state index in [9.17, 15) is 8.42 Å². The third-order valence-corrected chi connectivity index (χ3v) is 7.23. The first-order valence-corrected chi connectivity index (χ1v) is 10.4. The molecular weight excluding hydrogens is 328 g/mol. The molecule has 0 aromatic heterocycles. The monoisotopic (exact) mass is 348 g/mol. The van der Waals surface area contributed by atoms with Gasteiger partial charge in [-0.05, 0) is 25.1 Å². The summed E-state index contributed by atoms with van der Waals surface area (Å²) in [4.78, 5) is 0.109. The van der Waals surface area contributed by atoms with Crippen LogP contribution in [0.1, 0.15) is 6.92 Å². The molecule has 0 aliphatic carbocycles. The fourth-order valence-electron chi connectivity index (χ4n) is 1.94. The molecule has 21 heavy (non-hydrogen) atoms. The van der Waals surface area contributed by atoms with Gasteiger partial charge in [-0.3, -0.25) is 0 Å². The van der Waals surface area contributed by atoms with Crippen LogP contribution in [-0.4, -0.2) is 44.1 Å². The minimum absolute atomic E-state index is 0.109. The summed E-state index contributed by atoms with van der Waals surface area (Å²) < 4.78 is 33.0. The van der Waals surface area contributed by atoms with E-state index in [4.69, 9.17) is 10.5 Å². The molecule has 1 fully saturated rings. The molecule has 5 nitrogen and oxygen atoms in total. The van der Waals surface area contributed by atoms with Crippen molar-refractivity contribution in [1.82, 2.24) is 4.72 Å². The first-order valence-electron chi connectivity index (χ1n) is 6.74. The van der Waals surface area contributed by atoms with Gasteiger partial charge in [0.2, 0.25) is 10.0 Å². The highest BCUT2D eigenvalue weighted by Crippen LogP contribution is 2.27. The Labute approximate surface area is 134 Å². The van der Waals surface area contributed by atoms with Gasteiger partial charge in [-0.1, -0.05) is 0 Å². The highest BCUT2D eigenvalue weighted by molar-refractivity contribution is 8.06. The van der Waals surface area contributed by atoms with E-state index >= 15 is 0 Å². The third kappa shape index (κ3) is 4.70. The van der Waals surface area contributed by atoms with E-state index in [1.165, 1.54) is 6.07 Å². The number of benzene rings is 1. The Balaban J connectivity index is 2.12. The van der Waals surface area contributed by atoms with E-state index in [1.807, 2.05) is 30.4 Å². The molecule has 0 bridgehead atoms. The van der Waals surface area contributed by atoms with Crippen molar-refractivity contribution in [3.05, 3.63) is 18.2 Å². The average molecular weight is 349 g/mol. The molecule has 1 heterocycles. The summed E-state index contributed by atoms with van der Waals surface area (Å²) in [7, 11) is -3.61. The van der Waals surface area contributed by atoms with Crippen LogP contribution in [0.2, 0.25) is 0 Å². The number of anilines is 1. The third-order valence-electron chi connectivity index (χ3n) is 2.94. The number of nitrogens with one attached hydrogen (secondary N) is 1. The lowest BCUT2D eigenvalue weighted by Gasteiger charge is -2.21. The number of sulfonamides is 1. The molecule has 8 heteroatoms. The summed E-state index contributed by atoms with van der Waals surface area (Å²) in [6.45, 7) is 2.65. The summed E-state index contributed by atoms with van der Waals surface area (Å²) in [5.41, 5.74) is 6.11. The van der Waals surface area contributed by atoms with Gasteiger partial charge in [-0.15, -0.1) is 0 Å². The van der Waals surface area contributed by atoms with Crippen LogP contribution in [0.25, 0.3) is 0 Å². The van der Waals surface area contributed by atoms with Crippen molar-refractivity contribution in [2.45, 2.75) is 17.1 Å². The number of nitrogen functional groups attached to an aromatic ring is 1. The number of hydrogen-bond donors (Lipinski definition) is 2. The van der Waals surface area contributed by atoms with Crippen LogP contribution in [-0.2, 0) is 10.0 Å². The van der Waals surface area contributed by atoms with Gasteiger partial charge in [0.15, 0.2) is 0 Å². The maximum absolute atomic E-state index is 12.5. The Morgan fingerprint density at radius 2 is 2.24 bits per heavy atom. The van der Waals surface area contributed by atoms with Gasteiger partial charge in [0.05, 0.1) is 6.61 Å². The molecule has 0 amide bonds. The van der Waals surface area contributed by atoms with Crippen molar-refractivity contribution in [3.63, 3.8) is 0 Å². The van der Waals surface area contributed by atoms with Crippen molar-refractivity contribution in [3.8, 4) is 5.75 Å². The molecular formula is C13H20N2O3S3. The number of ether oxygens (including phenoxy) is 1. The maximum atomic E-state index is 12.5. The zero-order chi connectivity index (χ0) is 15.3. The van der Waals surface area contributed by atoms with Crippen LogP contribution in [0.15, 0.2) is 23.1 Å². The summed E-state index contributed by atoms with van der Waals surface area (Å²) in [5, 5.41) is 0.315. The Morgan fingerprint density at radius 1 is 1.43 bits per heavy atom. The van der Waals surface area contributed by atoms with Crippen molar-refractivity contribution >= 4 is 39.2 Å². The van der Waals surface area contributed by atoms with Crippen molar-refractivity contribution < 1.29 is 13.2 Å². The normalized spacial score (nSPS) is 19.4. The van der Waals surface area contributed by atoms with E-state index in [-0.39, 0.29) is 4.90 Å². The highest BCUT2D eigenvalue weighted by Gasteiger charge is 2.22. The molecule has 2 rings (SSSR count). The van der Waals surface area contributed by atoms with Gasteiger partial charge in [-0.25, -0.2) is 13.1 Å². The lowest BCUT2D eigenvalue weighted by atomic mass is 10.3. The molecule has 0 saturated carbocycles. The smallest absolute Gasteiger partial charge is 0.244 e. The minimum Gasteiger partial charge on any atom is -0.492 e. The van der Waals surface area contributed by atoms with E-state index in [1.54, 1.807) is 12.1 Å². The molecule has 118 valence electrons. The van der Waals surface area contributed by atoms with Gasteiger partial charge in [-0.2, -0.15) is 23.5 Å². The Bertz CT molecular complexity index is 572. The van der Waals surface area contributed by atoms with Gasteiger partial charge in [0, 0.05) is 34.7 Å². The zero-order valence-corrected chi connectivity index (χ0v) is 14.3. The van der Waals surface area contributed by atoms with Crippen LogP contribution in [0.5, 0.6) is 5.75 Å². The first-order chi connectivity index (χ1) is 10.0. The summed E-state index contributed by atoms with van der Waals surface area (Å²) in [6, 6.07) is 4.67. The van der Waals surface area contributed by atoms with E-state index in [0.29, 0.717) is 29.8 Å². The molecule has 1 unspecified atom stereocenters. The fourth-order valence-corrected chi connectivity index (χ4v) is 5.92. The predicted molar refractivity (Wildman–Crippen MR) is 90.8 cm³/mol. The first kappa shape index (κ1) is 16.8. The second-order valence-electron chi connectivity index (χ2n) is 4.56. The number of rotatable bonds is 6. The lowest BCUT2D eigenvalue weighted by Crippen LogP contribution is -2.33. The molecule has 3 N–H and O–H groups in total. The average Bonchev–Trinajstić information content (AvgIpc) is 2.48. The van der Waals surface area contributed by atoms with Gasteiger partial charge in [0.1, 0.15) is 10.6 Å². The molecule has 1 aromatic rings. The number of thioether (sulfide) groups is 2. The molecule has 1 aliphatic heterocycles. The van der Waals surface area contributed by atoms with E-state index in [2.05, 4.69) is 4.72 Å². The highest BCUT2D eigenvalue weighted by atomic mass is 32.2. The van der Waals surface area contributed by atoms with Gasteiger partial charge < -0.3 is 10.5 Å². The maximum Gasteiger partial charge on any atom is 0.244 e. The Kier molecular flexibility index (Phi) is 6.09. The number of nitrogens with two attached hydrogens (primary N) is 1. The van der Waals surface area contributed by atoms with Crippen LogP contribution in [0.4, 0.5) is 5.69 Å². The Morgan fingerprint density at radius 3 is 2.90 bits per heavy atom. The molecule has 1 atom stereocenters. The summed E-state index contributed by atoms with van der Waals surface area (Å²) in [5.74, 6) is 3.52. The minimum atomic E-state index is -3.61. The predicted octanol–water partition coefficient (Wildman–Crippen LogP) is 1.79. The molecule has 0 spiro atoms. The van der Waals surface area contributed by atoms with Crippen LogP contribution in [0.3, 0.4) is 0 Å². The standard InChI is InChI=1S/C13H20N2O3S3/c1-2-18-12-4-3-10(14)7-13(12)21(16,17)15-8-11-9-19-5-6-20-11/h3-4,7,11,15H,2,5-6,8-9,14H2,1H3. The molecule has 1 aromatic carbocycles. The van der Waals surface area contributed by atoms with E-state index < -0.39 is 10.0 Å². The molecule has 1 saturated heterocycles. The molecule has 1 aliphatic rings. The van der Waals surface area contributed by atoms with Gasteiger partial charge in [0.25, 0.3) is 0 Å². The van der Waals surface area contributed by atoms with Crippen molar-refractivity contribution in [2.24, 2.45) is 0 Å². The number of hydrogen-bond acceptors (Lipinski definition) is 6. The quantitative estimate of drug-likeness (QED) is 0.763. The van der Waals surface area contributed by atoms with Crippen molar-refractivity contribution in [1.29, 1.82) is 0 Å². The summed E-state index contributed by atoms with van der Waals surface area (Å²) in [6.07, 6.45) is 0. The van der Waals surface area contributed by atoms with Crippen LogP contribution < -0.4 is 15.2 Å². The SMILES string of the molecule is CCOc1ccc(N)cc1S(=O)(=O)NCC1CSCCS1.